The van der Waals surface area contributed by atoms with E-state index in [0.717, 1.165) is 58.8 Å². The summed E-state index contributed by atoms with van der Waals surface area (Å²) >= 11 is 0. The van der Waals surface area contributed by atoms with Crippen molar-refractivity contribution in [1.29, 1.82) is 0 Å². The highest BCUT2D eigenvalue weighted by Crippen LogP contribution is 2.16. The van der Waals surface area contributed by atoms with E-state index < -0.39 is 0 Å². The Balaban J connectivity index is 0.00000338. The van der Waals surface area contributed by atoms with Crippen molar-refractivity contribution in [3.05, 3.63) is 30.1 Å². The molecule has 1 aliphatic heterocycles. The Bertz CT molecular complexity index is 540. The van der Waals surface area contributed by atoms with E-state index in [2.05, 4.69) is 15.2 Å². The molecule has 1 heterocycles. The van der Waals surface area contributed by atoms with Crippen LogP contribution in [0, 0.1) is 5.82 Å². The maximum atomic E-state index is 13.7. The number of nitrogens with two attached hydrogens (primary N) is 1. The highest BCUT2D eigenvalue weighted by atomic mass is 127. The van der Waals surface area contributed by atoms with Crippen molar-refractivity contribution >= 4 is 35.6 Å². The van der Waals surface area contributed by atoms with Crippen LogP contribution in [0.2, 0.25) is 0 Å². The summed E-state index contributed by atoms with van der Waals surface area (Å²) in [7, 11) is 1.88. The summed E-state index contributed by atoms with van der Waals surface area (Å²) in [5, 5.41) is 3.15. The lowest BCUT2D eigenvalue weighted by Crippen LogP contribution is -2.39. The third kappa shape index (κ3) is 8.50. The molecule has 3 N–H and O–H groups in total. The van der Waals surface area contributed by atoms with Gasteiger partial charge in [0.2, 0.25) is 0 Å². The maximum Gasteiger partial charge on any atom is 0.188 e. The molecule has 2 rings (SSSR count). The molecule has 6 nitrogen and oxygen atoms in total. The molecule has 1 aromatic rings. The van der Waals surface area contributed by atoms with E-state index in [1.807, 2.05) is 18.0 Å². The standard InChI is InChI=1S/C18H30FN5O.HI/c1-23(17-7-3-2-6-16(17)19)10-4-8-21-18(20)22-9-5-11-24-12-14-25-15-13-24;/h2-3,6-7H,4-5,8-15H2,1H3,(H3,20,21,22);1H. The van der Waals surface area contributed by atoms with E-state index in [1.54, 1.807) is 12.1 Å². The smallest absolute Gasteiger partial charge is 0.188 e. The number of benzene rings is 1. The quantitative estimate of drug-likeness (QED) is 0.245. The average Bonchev–Trinajstić information content (AvgIpc) is 2.63. The third-order valence-corrected chi connectivity index (χ3v) is 4.26. The highest BCUT2D eigenvalue weighted by molar-refractivity contribution is 14.0. The molecule has 0 aromatic heterocycles. The molecule has 0 bridgehead atoms. The van der Waals surface area contributed by atoms with Gasteiger partial charge in [0.05, 0.1) is 18.9 Å². The van der Waals surface area contributed by atoms with Crippen LogP contribution in [0.15, 0.2) is 29.3 Å². The molecule has 26 heavy (non-hydrogen) atoms. The Labute approximate surface area is 173 Å². The molecule has 0 atom stereocenters. The van der Waals surface area contributed by atoms with Gasteiger partial charge in [-0.05, 0) is 31.5 Å². The summed E-state index contributed by atoms with van der Waals surface area (Å²) in [6, 6.07) is 6.79. The van der Waals surface area contributed by atoms with Crippen molar-refractivity contribution in [3.63, 3.8) is 0 Å². The van der Waals surface area contributed by atoms with Gasteiger partial charge in [-0.2, -0.15) is 0 Å². The molecule has 0 amide bonds. The Morgan fingerprint density at radius 2 is 2.04 bits per heavy atom. The summed E-state index contributed by atoms with van der Waals surface area (Å²) in [5.41, 5.74) is 6.49. The van der Waals surface area contributed by atoms with Crippen LogP contribution in [0.5, 0.6) is 0 Å². The van der Waals surface area contributed by atoms with Gasteiger partial charge in [-0.15, -0.1) is 24.0 Å². The molecule has 0 radical (unpaired) electrons. The number of morpholine rings is 1. The SMILES string of the molecule is CN(CCCN=C(N)NCCCN1CCOCC1)c1ccccc1F.I. The summed E-state index contributed by atoms with van der Waals surface area (Å²) in [5.74, 6) is 0.283. The van der Waals surface area contributed by atoms with Crippen LogP contribution in [0.25, 0.3) is 0 Å². The summed E-state index contributed by atoms with van der Waals surface area (Å²) in [4.78, 5) is 8.63. The predicted octanol–water partition coefficient (Wildman–Crippen LogP) is 1.90. The summed E-state index contributed by atoms with van der Waals surface area (Å²) in [6.07, 6.45) is 1.85. The minimum Gasteiger partial charge on any atom is -0.379 e. The first-order valence-electron chi connectivity index (χ1n) is 8.96. The van der Waals surface area contributed by atoms with Gasteiger partial charge in [0.25, 0.3) is 0 Å². The molecule has 148 valence electrons. The van der Waals surface area contributed by atoms with Crippen LogP contribution in [0.1, 0.15) is 12.8 Å². The topological polar surface area (TPSA) is 66.1 Å². The first-order valence-corrected chi connectivity index (χ1v) is 8.96. The Kier molecular flexibility index (Phi) is 11.5. The zero-order valence-corrected chi connectivity index (χ0v) is 17.8. The second kappa shape index (κ2) is 13.1. The van der Waals surface area contributed by atoms with Crippen LogP contribution in [0.4, 0.5) is 10.1 Å². The largest absolute Gasteiger partial charge is 0.379 e. The zero-order chi connectivity index (χ0) is 17.9. The van der Waals surface area contributed by atoms with E-state index in [1.165, 1.54) is 6.07 Å². The fourth-order valence-electron chi connectivity index (χ4n) is 2.79. The molecule has 0 aliphatic carbocycles. The molecule has 1 aromatic carbocycles. The number of nitrogens with zero attached hydrogens (tertiary/aromatic N) is 3. The van der Waals surface area contributed by atoms with E-state index >= 15 is 0 Å². The number of hydrogen-bond acceptors (Lipinski definition) is 4. The lowest BCUT2D eigenvalue weighted by atomic mass is 10.2. The molecule has 8 heteroatoms. The number of hydrogen-bond donors (Lipinski definition) is 2. The van der Waals surface area contributed by atoms with Gasteiger partial charge >= 0.3 is 0 Å². The molecule has 1 fully saturated rings. The average molecular weight is 479 g/mol. The van der Waals surface area contributed by atoms with Crippen LogP contribution in [-0.2, 0) is 4.74 Å². The first-order chi connectivity index (χ1) is 12.2. The Hall–Kier alpha value is -1.13. The number of para-hydroxylation sites is 1. The van der Waals surface area contributed by atoms with E-state index in [-0.39, 0.29) is 29.8 Å². The van der Waals surface area contributed by atoms with Crippen LogP contribution < -0.4 is 16.0 Å². The number of guanidine groups is 1. The molecular formula is C18H31FIN5O. The van der Waals surface area contributed by atoms with Crippen molar-refractivity contribution in [2.75, 3.05) is 64.4 Å². The summed E-state index contributed by atoms with van der Waals surface area (Å²) in [6.45, 7) is 6.92. The molecule has 1 aliphatic rings. The minimum absolute atomic E-state index is 0. The van der Waals surface area contributed by atoms with Crippen molar-refractivity contribution in [1.82, 2.24) is 10.2 Å². The van der Waals surface area contributed by atoms with Gasteiger partial charge in [0.1, 0.15) is 5.82 Å². The van der Waals surface area contributed by atoms with Gasteiger partial charge in [0.15, 0.2) is 5.96 Å². The third-order valence-electron chi connectivity index (χ3n) is 4.26. The van der Waals surface area contributed by atoms with Gasteiger partial charge in [-0.25, -0.2) is 4.39 Å². The lowest BCUT2D eigenvalue weighted by Gasteiger charge is -2.26. The van der Waals surface area contributed by atoms with E-state index in [9.17, 15) is 4.39 Å². The van der Waals surface area contributed by atoms with E-state index in [0.29, 0.717) is 18.2 Å². The molecule has 1 saturated heterocycles. The number of aliphatic imine (C=N–C) groups is 1. The molecule has 0 saturated carbocycles. The molecule has 0 unspecified atom stereocenters. The van der Waals surface area contributed by atoms with Crippen molar-refractivity contribution in [2.45, 2.75) is 12.8 Å². The van der Waals surface area contributed by atoms with E-state index in [4.69, 9.17) is 10.5 Å². The van der Waals surface area contributed by atoms with Crippen LogP contribution in [0.3, 0.4) is 0 Å². The number of nitrogens with one attached hydrogen (secondary N) is 1. The van der Waals surface area contributed by atoms with Crippen LogP contribution >= 0.6 is 24.0 Å². The van der Waals surface area contributed by atoms with Crippen molar-refractivity contribution in [3.8, 4) is 0 Å². The fourth-order valence-corrected chi connectivity index (χ4v) is 2.79. The number of ether oxygens (including phenoxy) is 1. The summed E-state index contributed by atoms with van der Waals surface area (Å²) < 4.78 is 19.0. The maximum absolute atomic E-state index is 13.7. The molecule has 0 spiro atoms. The predicted molar refractivity (Wildman–Crippen MR) is 116 cm³/mol. The van der Waals surface area contributed by atoms with Gasteiger partial charge in [0, 0.05) is 39.8 Å². The molecular weight excluding hydrogens is 448 g/mol. The lowest BCUT2D eigenvalue weighted by molar-refractivity contribution is 0.0376. The zero-order valence-electron chi connectivity index (χ0n) is 15.5. The fraction of sp³-hybridized carbons (Fsp3) is 0.611. The number of rotatable bonds is 9. The Morgan fingerprint density at radius 1 is 1.31 bits per heavy atom. The normalized spacial score (nSPS) is 15.4. The number of halogens is 2. The number of anilines is 1. The Morgan fingerprint density at radius 3 is 2.77 bits per heavy atom. The highest BCUT2D eigenvalue weighted by Gasteiger charge is 2.09. The minimum atomic E-state index is -0.199. The first kappa shape index (κ1) is 22.9. The monoisotopic (exact) mass is 479 g/mol. The van der Waals surface area contributed by atoms with Crippen molar-refractivity contribution < 1.29 is 9.13 Å². The second-order valence-electron chi connectivity index (χ2n) is 6.23. The van der Waals surface area contributed by atoms with Gasteiger partial charge < -0.3 is 20.7 Å². The van der Waals surface area contributed by atoms with Gasteiger partial charge in [-0.1, -0.05) is 12.1 Å². The second-order valence-corrected chi connectivity index (χ2v) is 6.23. The van der Waals surface area contributed by atoms with Crippen molar-refractivity contribution in [2.24, 2.45) is 10.7 Å². The van der Waals surface area contributed by atoms with Crippen LogP contribution in [-0.4, -0.2) is 70.4 Å². The van der Waals surface area contributed by atoms with Gasteiger partial charge in [-0.3, -0.25) is 9.89 Å².